The third-order valence-electron chi connectivity index (χ3n) is 3.61. The van der Waals surface area contributed by atoms with Gasteiger partial charge in [-0.15, -0.1) is 0 Å². The second-order valence-corrected chi connectivity index (χ2v) is 6.04. The van der Waals surface area contributed by atoms with Gasteiger partial charge in [0, 0.05) is 35.8 Å². The summed E-state index contributed by atoms with van der Waals surface area (Å²) in [5, 5.41) is 3.84. The summed E-state index contributed by atoms with van der Waals surface area (Å²) in [6, 6.07) is 3.86. The molecule has 2 aromatic rings. The number of aromatic nitrogens is 2. The van der Waals surface area contributed by atoms with Crippen LogP contribution in [0, 0.1) is 13.8 Å². The van der Waals surface area contributed by atoms with E-state index >= 15 is 0 Å². The Labute approximate surface area is 122 Å². The molecule has 0 spiro atoms. The molecule has 4 nitrogen and oxygen atoms in total. The lowest BCUT2D eigenvalue weighted by atomic mass is 10.1. The molecule has 1 atom stereocenters. The predicted octanol–water partition coefficient (Wildman–Crippen LogP) is 2.78. The first-order chi connectivity index (χ1) is 9.63. The van der Waals surface area contributed by atoms with Crippen molar-refractivity contribution in [2.45, 2.75) is 26.2 Å². The third-order valence-corrected chi connectivity index (χ3v) is 4.29. The maximum Gasteiger partial charge on any atom is 0.254 e. The van der Waals surface area contributed by atoms with E-state index < -0.39 is 0 Å². The highest BCUT2D eigenvalue weighted by Gasteiger charge is 2.29. The fourth-order valence-corrected chi connectivity index (χ4v) is 3.29. The zero-order chi connectivity index (χ0) is 14.1. The zero-order valence-corrected chi connectivity index (χ0v) is 12.5. The Morgan fingerprint density at radius 2 is 2.10 bits per heavy atom. The summed E-state index contributed by atoms with van der Waals surface area (Å²) >= 11 is 1.56. The molecule has 1 aliphatic heterocycles. The largest absolute Gasteiger partial charge is 0.338 e. The number of hydrogen-bond donors (Lipinski definition) is 0. The number of likely N-dealkylation sites (tertiary alicyclic amines) is 1. The number of thiophene rings is 1. The Kier molecular flexibility index (Phi) is 3.53. The number of nitrogens with zero attached hydrogens (tertiary/aromatic N) is 3. The molecule has 0 bridgehead atoms. The van der Waals surface area contributed by atoms with E-state index in [1.807, 2.05) is 41.6 Å². The van der Waals surface area contributed by atoms with Crippen LogP contribution in [0.2, 0.25) is 0 Å². The second kappa shape index (κ2) is 5.32. The smallest absolute Gasteiger partial charge is 0.254 e. The first kappa shape index (κ1) is 13.2. The van der Waals surface area contributed by atoms with Crippen molar-refractivity contribution in [3.8, 4) is 0 Å². The topological polar surface area (TPSA) is 46.1 Å². The highest BCUT2D eigenvalue weighted by Crippen LogP contribution is 2.26. The monoisotopic (exact) mass is 287 g/mol. The summed E-state index contributed by atoms with van der Waals surface area (Å²) in [6.07, 6.45) is 0.943. The number of hydrogen-bond acceptors (Lipinski definition) is 4. The van der Waals surface area contributed by atoms with Gasteiger partial charge in [-0.05, 0) is 37.8 Å². The quantitative estimate of drug-likeness (QED) is 0.853. The van der Waals surface area contributed by atoms with Crippen LogP contribution in [-0.4, -0.2) is 33.9 Å². The van der Waals surface area contributed by atoms with Gasteiger partial charge >= 0.3 is 0 Å². The van der Waals surface area contributed by atoms with Crippen LogP contribution in [0.1, 0.15) is 39.9 Å². The molecule has 0 saturated carbocycles. The molecule has 1 fully saturated rings. The van der Waals surface area contributed by atoms with Gasteiger partial charge in [0.05, 0.1) is 5.56 Å². The molecule has 20 heavy (non-hydrogen) atoms. The minimum atomic E-state index is 0.123. The van der Waals surface area contributed by atoms with E-state index in [1.165, 1.54) is 0 Å². The van der Waals surface area contributed by atoms with Gasteiger partial charge < -0.3 is 4.90 Å². The van der Waals surface area contributed by atoms with Gasteiger partial charge in [0.15, 0.2) is 0 Å². The molecule has 0 aromatic carbocycles. The van der Waals surface area contributed by atoms with E-state index in [0.29, 0.717) is 0 Å². The van der Waals surface area contributed by atoms with Gasteiger partial charge in [0.1, 0.15) is 5.82 Å². The highest BCUT2D eigenvalue weighted by atomic mass is 32.1. The van der Waals surface area contributed by atoms with Gasteiger partial charge in [-0.25, -0.2) is 9.97 Å². The van der Waals surface area contributed by atoms with E-state index in [4.69, 9.17) is 0 Å². The van der Waals surface area contributed by atoms with E-state index in [-0.39, 0.29) is 11.8 Å². The molecule has 1 unspecified atom stereocenters. The minimum absolute atomic E-state index is 0.123. The molecule has 1 aliphatic rings. The zero-order valence-electron chi connectivity index (χ0n) is 11.7. The first-order valence-corrected chi connectivity index (χ1v) is 7.71. The van der Waals surface area contributed by atoms with Crippen molar-refractivity contribution in [3.63, 3.8) is 0 Å². The van der Waals surface area contributed by atoms with E-state index in [9.17, 15) is 4.79 Å². The molecule has 0 aliphatic carbocycles. The molecule has 3 heterocycles. The van der Waals surface area contributed by atoms with Crippen molar-refractivity contribution in [1.29, 1.82) is 0 Å². The molecule has 2 aromatic heterocycles. The summed E-state index contributed by atoms with van der Waals surface area (Å²) in [7, 11) is 0. The summed E-state index contributed by atoms with van der Waals surface area (Å²) in [5.74, 6) is 1.26. The van der Waals surface area contributed by atoms with Crippen molar-refractivity contribution < 1.29 is 4.79 Å². The SMILES string of the molecule is Cc1cc(C)nc(C2CCN(C(=O)c3ccsc3)C2)n1. The fourth-order valence-electron chi connectivity index (χ4n) is 2.66. The van der Waals surface area contributed by atoms with Gasteiger partial charge in [0.2, 0.25) is 0 Å². The molecule has 104 valence electrons. The van der Waals surface area contributed by atoms with E-state index in [2.05, 4.69) is 9.97 Å². The number of carbonyl (C=O) groups excluding carboxylic acids is 1. The molecule has 0 N–H and O–H groups in total. The molecule has 1 amide bonds. The lowest BCUT2D eigenvalue weighted by Crippen LogP contribution is -2.28. The number of aryl methyl sites for hydroxylation is 2. The van der Waals surface area contributed by atoms with Gasteiger partial charge in [-0.2, -0.15) is 11.3 Å². The average Bonchev–Trinajstić information content (AvgIpc) is 3.09. The summed E-state index contributed by atoms with van der Waals surface area (Å²) in [6.45, 7) is 5.48. The number of carbonyl (C=O) groups is 1. The van der Waals surface area contributed by atoms with Crippen molar-refractivity contribution in [1.82, 2.24) is 14.9 Å². The summed E-state index contributed by atoms with van der Waals surface area (Å²) in [4.78, 5) is 23.3. The van der Waals surface area contributed by atoms with Gasteiger partial charge in [0.25, 0.3) is 5.91 Å². The van der Waals surface area contributed by atoms with Crippen LogP contribution in [0.25, 0.3) is 0 Å². The Bertz CT molecular complexity index is 604. The molecule has 3 rings (SSSR count). The van der Waals surface area contributed by atoms with Crippen LogP contribution in [-0.2, 0) is 0 Å². The standard InChI is InChI=1S/C15H17N3OS/c1-10-7-11(2)17-14(16-10)12-3-5-18(8-12)15(19)13-4-6-20-9-13/h4,6-7,9,12H,3,5,8H2,1-2H3. The fraction of sp³-hybridized carbons (Fsp3) is 0.400. The second-order valence-electron chi connectivity index (χ2n) is 5.26. The van der Waals surface area contributed by atoms with E-state index in [0.717, 1.165) is 42.3 Å². The van der Waals surface area contributed by atoms with Crippen LogP contribution in [0.4, 0.5) is 0 Å². The van der Waals surface area contributed by atoms with Crippen LogP contribution in [0.15, 0.2) is 22.9 Å². The lowest BCUT2D eigenvalue weighted by molar-refractivity contribution is 0.0791. The average molecular weight is 287 g/mol. The van der Waals surface area contributed by atoms with Crippen molar-refractivity contribution in [2.24, 2.45) is 0 Å². The lowest BCUT2D eigenvalue weighted by Gasteiger charge is -2.15. The van der Waals surface area contributed by atoms with Crippen LogP contribution in [0.5, 0.6) is 0 Å². The van der Waals surface area contributed by atoms with Gasteiger partial charge in [-0.1, -0.05) is 0 Å². The normalized spacial score (nSPS) is 18.5. The highest BCUT2D eigenvalue weighted by molar-refractivity contribution is 7.08. The Hall–Kier alpha value is -1.75. The maximum atomic E-state index is 12.3. The minimum Gasteiger partial charge on any atom is -0.338 e. The predicted molar refractivity (Wildman–Crippen MR) is 79.1 cm³/mol. The number of amides is 1. The molecular weight excluding hydrogens is 270 g/mol. The van der Waals surface area contributed by atoms with Crippen LogP contribution < -0.4 is 0 Å². The van der Waals surface area contributed by atoms with Crippen LogP contribution in [0.3, 0.4) is 0 Å². The Morgan fingerprint density at radius 1 is 1.35 bits per heavy atom. The van der Waals surface area contributed by atoms with E-state index in [1.54, 1.807) is 11.3 Å². The summed E-state index contributed by atoms with van der Waals surface area (Å²) < 4.78 is 0. The third kappa shape index (κ3) is 2.58. The molecule has 1 saturated heterocycles. The molecule has 5 heteroatoms. The molecule has 0 radical (unpaired) electrons. The molecular formula is C15H17N3OS. The Balaban J connectivity index is 1.75. The van der Waals surface area contributed by atoms with Gasteiger partial charge in [-0.3, -0.25) is 4.79 Å². The number of rotatable bonds is 2. The van der Waals surface area contributed by atoms with Crippen LogP contribution >= 0.6 is 11.3 Å². The van der Waals surface area contributed by atoms with Crippen molar-refractivity contribution in [3.05, 3.63) is 45.7 Å². The first-order valence-electron chi connectivity index (χ1n) is 6.77. The van der Waals surface area contributed by atoms with Crippen molar-refractivity contribution in [2.75, 3.05) is 13.1 Å². The Morgan fingerprint density at radius 3 is 2.75 bits per heavy atom. The summed E-state index contributed by atoms with van der Waals surface area (Å²) in [5.41, 5.74) is 2.78. The van der Waals surface area contributed by atoms with Crippen molar-refractivity contribution >= 4 is 17.2 Å². The maximum absolute atomic E-state index is 12.3.